The summed E-state index contributed by atoms with van der Waals surface area (Å²) in [4.78, 5) is 65.2. The molecule has 4 heterocycles. The second-order valence-electron chi connectivity index (χ2n) is 11.1. The van der Waals surface area contributed by atoms with Crippen LogP contribution in [0.25, 0.3) is 0 Å². The van der Waals surface area contributed by atoms with E-state index in [1.54, 1.807) is 17.0 Å². The van der Waals surface area contributed by atoms with E-state index in [0.717, 1.165) is 56.0 Å². The summed E-state index contributed by atoms with van der Waals surface area (Å²) in [6.45, 7) is 4.25. The van der Waals surface area contributed by atoms with Crippen molar-refractivity contribution in [3.05, 3.63) is 64.1 Å². The van der Waals surface area contributed by atoms with Gasteiger partial charge >= 0.3 is 5.91 Å². The Labute approximate surface area is 226 Å². The Morgan fingerprint density at radius 3 is 2.36 bits per heavy atom. The average molecular weight is 530 g/mol. The number of nitroso groups, excluding NO2 is 1. The van der Waals surface area contributed by atoms with Gasteiger partial charge in [-0.3, -0.25) is 24.5 Å². The van der Waals surface area contributed by atoms with Gasteiger partial charge in [-0.15, -0.1) is 4.91 Å². The largest absolute Gasteiger partial charge is 0.372 e. The van der Waals surface area contributed by atoms with Crippen LogP contribution in [0.3, 0.4) is 0 Å². The van der Waals surface area contributed by atoms with Gasteiger partial charge < -0.3 is 14.7 Å². The number of nitrogens with one attached hydrogen (secondary N) is 1. The number of hydrogen-bond acceptors (Lipinski definition) is 7. The number of rotatable bonds is 6. The lowest BCUT2D eigenvalue weighted by Crippen LogP contribution is -2.52. The lowest BCUT2D eigenvalue weighted by Gasteiger charge is -2.44. The molecule has 10 nitrogen and oxygen atoms in total. The van der Waals surface area contributed by atoms with E-state index in [1.807, 2.05) is 24.3 Å². The highest BCUT2D eigenvalue weighted by molar-refractivity contribution is 6.06. The minimum Gasteiger partial charge on any atom is -0.372 e. The molecule has 1 N–H and O–H groups in total. The van der Waals surface area contributed by atoms with Crippen LogP contribution in [0.2, 0.25) is 0 Å². The first-order valence-electron chi connectivity index (χ1n) is 13.7. The molecule has 0 spiro atoms. The molecule has 4 aliphatic rings. The summed E-state index contributed by atoms with van der Waals surface area (Å²) in [5.41, 5.74) is 4.09. The van der Waals surface area contributed by atoms with Gasteiger partial charge in [-0.2, -0.15) is 0 Å². The maximum Gasteiger partial charge on any atom is 0.316 e. The normalized spacial score (nSPS) is 22.0. The van der Waals surface area contributed by atoms with Crippen molar-refractivity contribution >= 4 is 35.0 Å². The smallest absolute Gasteiger partial charge is 0.316 e. The van der Waals surface area contributed by atoms with Crippen molar-refractivity contribution in [3.63, 3.8) is 0 Å². The van der Waals surface area contributed by atoms with Gasteiger partial charge in [-0.25, -0.2) is 0 Å². The summed E-state index contributed by atoms with van der Waals surface area (Å²) in [6.07, 6.45) is 4.03. The molecule has 1 unspecified atom stereocenters. The van der Waals surface area contributed by atoms with Crippen LogP contribution in [0.4, 0.5) is 11.4 Å². The Morgan fingerprint density at radius 2 is 1.67 bits per heavy atom. The lowest BCUT2D eigenvalue weighted by molar-refractivity contribution is -0.136. The maximum atomic E-state index is 13.1. The van der Waals surface area contributed by atoms with Crippen LogP contribution in [0.15, 0.2) is 47.6 Å². The maximum absolute atomic E-state index is 13.1. The van der Waals surface area contributed by atoms with Gasteiger partial charge in [0, 0.05) is 72.4 Å². The first-order chi connectivity index (χ1) is 18.9. The van der Waals surface area contributed by atoms with E-state index in [0.29, 0.717) is 35.9 Å². The highest BCUT2D eigenvalue weighted by atomic mass is 16.3. The zero-order chi connectivity index (χ0) is 27.1. The standard InChI is InChI=1S/C29H31N5O5/c35-26-9-8-25(28(37)30-26)34-17-23-22(29(34)38)2-1-3-24(23)33-15-19(16-33)14-18-10-12-32(13-11-18)21-6-4-20(5-7-21)27(36)31-39/h1-7,18-19,25H,8-17H2,(H,30,35,37). The van der Waals surface area contributed by atoms with Crippen molar-refractivity contribution in [2.45, 2.75) is 44.7 Å². The second kappa shape index (κ2) is 10.2. The molecule has 3 fully saturated rings. The van der Waals surface area contributed by atoms with Gasteiger partial charge in [0.1, 0.15) is 6.04 Å². The highest BCUT2D eigenvalue weighted by Crippen LogP contribution is 2.39. The Bertz CT molecular complexity index is 1330. The van der Waals surface area contributed by atoms with Gasteiger partial charge in [-0.05, 0) is 73.9 Å². The fourth-order valence-electron chi connectivity index (χ4n) is 6.55. The van der Waals surface area contributed by atoms with Crippen molar-refractivity contribution in [2.75, 3.05) is 36.0 Å². The molecule has 39 heavy (non-hydrogen) atoms. The van der Waals surface area contributed by atoms with Crippen LogP contribution >= 0.6 is 0 Å². The number of benzene rings is 2. The molecule has 3 saturated heterocycles. The topological polar surface area (TPSA) is 119 Å². The third-order valence-electron chi connectivity index (χ3n) is 8.70. The zero-order valence-electron chi connectivity index (χ0n) is 21.7. The number of piperidine rings is 2. The lowest BCUT2D eigenvalue weighted by atomic mass is 9.83. The number of imide groups is 1. The number of nitrogens with zero attached hydrogens (tertiary/aromatic N) is 4. The van der Waals surface area contributed by atoms with E-state index < -0.39 is 11.9 Å². The van der Waals surface area contributed by atoms with E-state index in [9.17, 15) is 24.1 Å². The van der Waals surface area contributed by atoms with Crippen LogP contribution in [0.1, 0.15) is 58.4 Å². The molecule has 4 aliphatic heterocycles. The number of amides is 4. The van der Waals surface area contributed by atoms with Crippen molar-refractivity contribution in [2.24, 2.45) is 17.0 Å². The van der Waals surface area contributed by atoms with E-state index in [2.05, 4.69) is 26.4 Å². The van der Waals surface area contributed by atoms with Gasteiger partial charge in [-0.1, -0.05) is 6.07 Å². The summed E-state index contributed by atoms with van der Waals surface area (Å²) in [5, 5.41) is 4.84. The van der Waals surface area contributed by atoms with Crippen LogP contribution in [-0.4, -0.2) is 60.7 Å². The molecular weight excluding hydrogens is 498 g/mol. The molecule has 1 atom stereocenters. The Morgan fingerprint density at radius 1 is 0.923 bits per heavy atom. The molecule has 4 amide bonds. The Kier molecular flexibility index (Phi) is 6.62. The number of fused-ring (bicyclic) bond motifs is 1. The molecule has 0 radical (unpaired) electrons. The molecule has 2 aromatic carbocycles. The fraction of sp³-hybridized carbons (Fsp3) is 0.448. The molecule has 10 heteroatoms. The van der Waals surface area contributed by atoms with Crippen LogP contribution < -0.4 is 15.1 Å². The average Bonchev–Trinajstić information content (AvgIpc) is 3.27. The molecule has 0 aromatic heterocycles. The Hall–Kier alpha value is -4.08. The molecule has 6 rings (SSSR count). The quantitative estimate of drug-likeness (QED) is 0.451. The minimum atomic E-state index is -0.742. The first kappa shape index (κ1) is 25.2. The molecular formula is C29H31N5O5. The summed E-state index contributed by atoms with van der Waals surface area (Å²) in [6, 6.07) is 12.3. The number of carbonyl (C=O) groups is 4. The molecule has 0 aliphatic carbocycles. The van der Waals surface area contributed by atoms with Crippen molar-refractivity contribution in [1.29, 1.82) is 0 Å². The predicted molar refractivity (Wildman–Crippen MR) is 144 cm³/mol. The summed E-state index contributed by atoms with van der Waals surface area (Å²) < 4.78 is 0. The minimum absolute atomic E-state index is 0.133. The predicted octanol–water partition coefficient (Wildman–Crippen LogP) is 3.10. The fourth-order valence-corrected chi connectivity index (χ4v) is 6.55. The summed E-state index contributed by atoms with van der Waals surface area (Å²) >= 11 is 0. The van der Waals surface area contributed by atoms with Gasteiger partial charge in [0.25, 0.3) is 5.91 Å². The van der Waals surface area contributed by atoms with E-state index in [-0.39, 0.29) is 24.1 Å². The molecule has 0 saturated carbocycles. The number of anilines is 2. The third-order valence-corrected chi connectivity index (χ3v) is 8.70. The first-order valence-corrected chi connectivity index (χ1v) is 13.7. The second-order valence-corrected chi connectivity index (χ2v) is 11.1. The van der Waals surface area contributed by atoms with E-state index >= 15 is 0 Å². The SMILES string of the molecule is O=NC(=O)c1ccc(N2CCC(CC3CN(c4cccc5c4CN(C4CCC(=O)NC4=O)C5=O)C3)CC2)cc1. The molecule has 2 aromatic rings. The summed E-state index contributed by atoms with van der Waals surface area (Å²) in [5.74, 6) is -0.258. The molecule has 202 valence electrons. The van der Waals surface area contributed by atoms with Crippen molar-refractivity contribution in [1.82, 2.24) is 10.2 Å². The monoisotopic (exact) mass is 529 g/mol. The van der Waals surface area contributed by atoms with Crippen molar-refractivity contribution < 1.29 is 19.2 Å². The third kappa shape index (κ3) is 4.79. The summed E-state index contributed by atoms with van der Waals surface area (Å²) in [7, 11) is 0. The highest BCUT2D eigenvalue weighted by Gasteiger charge is 2.41. The van der Waals surface area contributed by atoms with E-state index in [1.165, 1.54) is 6.42 Å². The number of hydrogen-bond donors (Lipinski definition) is 1. The van der Waals surface area contributed by atoms with Gasteiger partial charge in [0.15, 0.2) is 0 Å². The van der Waals surface area contributed by atoms with Crippen LogP contribution in [-0.2, 0) is 16.1 Å². The number of carbonyl (C=O) groups excluding carboxylic acids is 4. The Balaban J connectivity index is 1.01. The molecule has 0 bridgehead atoms. The van der Waals surface area contributed by atoms with E-state index in [4.69, 9.17) is 0 Å². The van der Waals surface area contributed by atoms with Crippen molar-refractivity contribution in [3.8, 4) is 0 Å². The van der Waals surface area contributed by atoms with Gasteiger partial charge in [0.05, 0.1) is 0 Å². The van der Waals surface area contributed by atoms with Crippen LogP contribution in [0.5, 0.6) is 0 Å². The zero-order valence-corrected chi connectivity index (χ0v) is 21.7. The van der Waals surface area contributed by atoms with Crippen LogP contribution in [0, 0.1) is 16.7 Å². The van der Waals surface area contributed by atoms with Gasteiger partial charge in [0.2, 0.25) is 11.8 Å².